The van der Waals surface area contributed by atoms with Crippen molar-refractivity contribution in [3.63, 3.8) is 0 Å². The summed E-state index contributed by atoms with van der Waals surface area (Å²) >= 11 is 4.87. The molecule has 3 nitrogen and oxygen atoms in total. The SMILES string of the molecule is CC(C)c1ccc(Oc2ccc(C(N)=S)cn2)cc1. The highest BCUT2D eigenvalue weighted by Crippen LogP contribution is 2.22. The van der Waals surface area contributed by atoms with Crippen molar-refractivity contribution >= 4 is 17.2 Å². The number of hydrogen-bond acceptors (Lipinski definition) is 3. The number of aromatic nitrogens is 1. The smallest absolute Gasteiger partial charge is 0.219 e. The second-order valence-electron chi connectivity index (χ2n) is 4.58. The van der Waals surface area contributed by atoms with Crippen LogP contribution >= 0.6 is 12.2 Å². The molecule has 0 spiro atoms. The van der Waals surface area contributed by atoms with E-state index >= 15 is 0 Å². The average Bonchev–Trinajstić information content (AvgIpc) is 2.40. The van der Waals surface area contributed by atoms with Crippen LogP contribution in [0, 0.1) is 0 Å². The maximum atomic E-state index is 5.65. The fourth-order valence-corrected chi connectivity index (χ4v) is 1.75. The Morgan fingerprint density at radius 3 is 2.32 bits per heavy atom. The highest BCUT2D eigenvalue weighted by molar-refractivity contribution is 7.80. The van der Waals surface area contributed by atoms with Gasteiger partial charge in [0.25, 0.3) is 0 Å². The van der Waals surface area contributed by atoms with E-state index < -0.39 is 0 Å². The van der Waals surface area contributed by atoms with Crippen LogP contribution in [-0.4, -0.2) is 9.97 Å². The van der Waals surface area contributed by atoms with E-state index in [1.807, 2.05) is 12.1 Å². The molecule has 2 aromatic rings. The van der Waals surface area contributed by atoms with Gasteiger partial charge in [-0.05, 0) is 29.7 Å². The lowest BCUT2D eigenvalue weighted by molar-refractivity contribution is 0.462. The molecule has 2 N–H and O–H groups in total. The molecule has 0 radical (unpaired) electrons. The molecule has 0 fully saturated rings. The zero-order valence-corrected chi connectivity index (χ0v) is 11.8. The van der Waals surface area contributed by atoms with Gasteiger partial charge in [0, 0.05) is 17.8 Å². The maximum Gasteiger partial charge on any atom is 0.219 e. The van der Waals surface area contributed by atoms with Crippen LogP contribution in [0.2, 0.25) is 0 Å². The predicted octanol–water partition coefficient (Wildman–Crippen LogP) is 3.63. The molecule has 1 heterocycles. The molecule has 1 aromatic heterocycles. The highest BCUT2D eigenvalue weighted by Gasteiger charge is 2.02. The van der Waals surface area contributed by atoms with Crippen LogP contribution in [-0.2, 0) is 0 Å². The van der Waals surface area contributed by atoms with E-state index in [4.69, 9.17) is 22.7 Å². The zero-order chi connectivity index (χ0) is 13.8. The summed E-state index contributed by atoms with van der Waals surface area (Å²) in [6, 6.07) is 11.6. The van der Waals surface area contributed by atoms with Crippen LogP contribution in [0.1, 0.15) is 30.9 Å². The van der Waals surface area contributed by atoms with Crippen LogP contribution in [0.5, 0.6) is 11.6 Å². The van der Waals surface area contributed by atoms with Gasteiger partial charge in [-0.1, -0.05) is 38.2 Å². The zero-order valence-electron chi connectivity index (χ0n) is 11.0. The van der Waals surface area contributed by atoms with Crippen molar-refractivity contribution < 1.29 is 4.74 Å². The minimum atomic E-state index is 0.334. The van der Waals surface area contributed by atoms with Gasteiger partial charge >= 0.3 is 0 Å². The molecule has 0 aliphatic heterocycles. The number of rotatable bonds is 4. The molecular formula is C15H16N2OS. The summed E-state index contributed by atoms with van der Waals surface area (Å²) in [6.07, 6.45) is 1.61. The van der Waals surface area contributed by atoms with Gasteiger partial charge in [0.2, 0.25) is 5.88 Å². The molecule has 0 unspecified atom stereocenters. The van der Waals surface area contributed by atoms with Gasteiger partial charge in [0.05, 0.1) is 0 Å². The minimum Gasteiger partial charge on any atom is -0.439 e. The molecular weight excluding hydrogens is 256 g/mol. The number of ether oxygens (including phenoxy) is 1. The Bertz CT molecular complexity index is 562. The molecule has 0 saturated heterocycles. The predicted molar refractivity (Wildman–Crippen MR) is 80.7 cm³/mol. The number of benzene rings is 1. The molecule has 0 aliphatic rings. The van der Waals surface area contributed by atoms with Gasteiger partial charge in [0.15, 0.2) is 0 Å². The van der Waals surface area contributed by atoms with E-state index in [2.05, 4.69) is 31.0 Å². The summed E-state index contributed by atoms with van der Waals surface area (Å²) in [6.45, 7) is 4.32. The number of thiocarbonyl (C=S) groups is 1. The first kappa shape index (κ1) is 13.5. The lowest BCUT2D eigenvalue weighted by Crippen LogP contribution is -2.09. The Kier molecular flexibility index (Phi) is 4.12. The van der Waals surface area contributed by atoms with Crippen LogP contribution in [0.3, 0.4) is 0 Å². The van der Waals surface area contributed by atoms with Crippen molar-refractivity contribution in [2.24, 2.45) is 5.73 Å². The van der Waals surface area contributed by atoms with Crippen molar-refractivity contribution in [3.8, 4) is 11.6 Å². The maximum absolute atomic E-state index is 5.65. The third kappa shape index (κ3) is 3.51. The first-order valence-electron chi connectivity index (χ1n) is 6.10. The Balaban J connectivity index is 2.10. The first-order valence-corrected chi connectivity index (χ1v) is 6.51. The van der Waals surface area contributed by atoms with E-state index in [1.54, 1.807) is 18.3 Å². The third-order valence-corrected chi connectivity index (χ3v) is 3.03. The Hall–Kier alpha value is -1.94. The van der Waals surface area contributed by atoms with Gasteiger partial charge in [-0.25, -0.2) is 4.98 Å². The van der Waals surface area contributed by atoms with Crippen LogP contribution in [0.25, 0.3) is 0 Å². The molecule has 0 atom stereocenters. The monoisotopic (exact) mass is 272 g/mol. The Morgan fingerprint density at radius 2 is 1.84 bits per heavy atom. The second kappa shape index (κ2) is 5.80. The molecule has 98 valence electrons. The Labute approximate surface area is 118 Å². The number of nitrogens with two attached hydrogens (primary N) is 1. The molecule has 1 aromatic carbocycles. The summed E-state index contributed by atoms with van der Waals surface area (Å²) in [5.74, 6) is 1.80. The van der Waals surface area contributed by atoms with Gasteiger partial charge in [-0.15, -0.1) is 0 Å². The van der Waals surface area contributed by atoms with Crippen molar-refractivity contribution in [1.82, 2.24) is 4.98 Å². The summed E-state index contributed by atoms with van der Waals surface area (Å²) in [5, 5.41) is 0. The first-order chi connectivity index (χ1) is 9.06. The average molecular weight is 272 g/mol. The quantitative estimate of drug-likeness (QED) is 0.863. The van der Waals surface area contributed by atoms with Crippen molar-refractivity contribution in [2.45, 2.75) is 19.8 Å². The summed E-state index contributed by atoms with van der Waals surface area (Å²) in [4.78, 5) is 4.50. The lowest BCUT2D eigenvalue weighted by atomic mass is 10.0. The van der Waals surface area contributed by atoms with E-state index in [0.29, 0.717) is 16.8 Å². The molecule has 2 rings (SSSR count). The largest absolute Gasteiger partial charge is 0.439 e. The van der Waals surface area contributed by atoms with Crippen molar-refractivity contribution in [2.75, 3.05) is 0 Å². The number of hydrogen-bond donors (Lipinski definition) is 1. The fourth-order valence-electron chi connectivity index (χ4n) is 1.63. The molecule has 4 heteroatoms. The third-order valence-electron chi connectivity index (χ3n) is 2.79. The van der Waals surface area contributed by atoms with E-state index in [1.165, 1.54) is 5.56 Å². The molecule has 0 bridgehead atoms. The van der Waals surface area contributed by atoms with Crippen LogP contribution in [0.4, 0.5) is 0 Å². The summed E-state index contributed by atoms with van der Waals surface area (Å²) < 4.78 is 5.65. The summed E-state index contributed by atoms with van der Waals surface area (Å²) in [5.41, 5.74) is 7.53. The minimum absolute atomic E-state index is 0.334. The van der Waals surface area contributed by atoms with E-state index in [0.717, 1.165) is 11.3 Å². The topological polar surface area (TPSA) is 48.1 Å². The van der Waals surface area contributed by atoms with Gasteiger partial charge < -0.3 is 10.5 Å². The van der Waals surface area contributed by atoms with Gasteiger partial charge in [0.1, 0.15) is 10.7 Å². The van der Waals surface area contributed by atoms with E-state index in [-0.39, 0.29) is 0 Å². The number of pyridine rings is 1. The normalized spacial score (nSPS) is 10.5. The van der Waals surface area contributed by atoms with Crippen LogP contribution < -0.4 is 10.5 Å². The van der Waals surface area contributed by atoms with Crippen molar-refractivity contribution in [1.29, 1.82) is 0 Å². The van der Waals surface area contributed by atoms with Gasteiger partial charge in [-0.3, -0.25) is 0 Å². The highest BCUT2D eigenvalue weighted by atomic mass is 32.1. The molecule has 19 heavy (non-hydrogen) atoms. The number of nitrogens with zero attached hydrogens (tertiary/aromatic N) is 1. The lowest BCUT2D eigenvalue weighted by Gasteiger charge is -2.08. The van der Waals surface area contributed by atoms with Crippen LogP contribution in [0.15, 0.2) is 42.6 Å². The fraction of sp³-hybridized carbons (Fsp3) is 0.200. The van der Waals surface area contributed by atoms with Gasteiger partial charge in [-0.2, -0.15) is 0 Å². The molecule has 0 saturated carbocycles. The molecule has 0 amide bonds. The van der Waals surface area contributed by atoms with E-state index in [9.17, 15) is 0 Å². The second-order valence-corrected chi connectivity index (χ2v) is 5.01. The van der Waals surface area contributed by atoms with Crippen molar-refractivity contribution in [3.05, 3.63) is 53.7 Å². The standard InChI is InChI=1S/C15H16N2OS/c1-10(2)11-3-6-13(7-4-11)18-14-8-5-12(9-17-14)15(16)19/h3-10H,1-2H3,(H2,16,19). The summed E-state index contributed by atoms with van der Waals surface area (Å²) in [7, 11) is 0. The molecule has 0 aliphatic carbocycles. The Morgan fingerprint density at radius 1 is 1.16 bits per heavy atom.